The van der Waals surface area contributed by atoms with Gasteiger partial charge in [-0.05, 0) is 61.6 Å². The maximum Gasteiger partial charge on any atom is 0.265 e. The second-order valence-corrected chi connectivity index (χ2v) is 5.89. The fraction of sp³-hybridized carbons (Fsp3) is 0.529. The summed E-state index contributed by atoms with van der Waals surface area (Å²) in [5.74, 6) is 0.605. The van der Waals surface area contributed by atoms with E-state index in [9.17, 15) is 4.79 Å². The zero-order valence-corrected chi connectivity index (χ0v) is 14.1. The maximum atomic E-state index is 11.3. The maximum absolute atomic E-state index is 11.3. The third kappa shape index (κ3) is 4.22. The van der Waals surface area contributed by atoms with Crippen molar-refractivity contribution in [1.29, 1.82) is 0 Å². The van der Waals surface area contributed by atoms with Crippen molar-refractivity contribution in [3.8, 4) is 5.75 Å². The summed E-state index contributed by atoms with van der Waals surface area (Å²) in [6.45, 7) is 7.42. The minimum Gasteiger partial charge on any atom is -0.496 e. The molecule has 6 heteroatoms. The normalized spacial score (nSPS) is 15.3. The minimum absolute atomic E-state index is 0.378. The largest absolute Gasteiger partial charge is 0.496 e. The highest BCUT2D eigenvalue weighted by Gasteiger charge is 2.20. The molecule has 2 rings (SSSR count). The molecule has 1 aromatic carbocycles. The van der Waals surface area contributed by atoms with Gasteiger partial charge >= 0.3 is 0 Å². The van der Waals surface area contributed by atoms with E-state index in [1.165, 1.54) is 22.3 Å². The number of hydrogen-bond acceptors (Lipinski definition) is 5. The first-order valence-corrected chi connectivity index (χ1v) is 7.90. The van der Waals surface area contributed by atoms with Crippen LogP contribution in [0.4, 0.5) is 0 Å². The Morgan fingerprint density at radius 1 is 1.48 bits per heavy atom. The highest BCUT2D eigenvalue weighted by molar-refractivity contribution is 6.25. The quantitative estimate of drug-likeness (QED) is 0.491. The van der Waals surface area contributed by atoms with Crippen LogP contribution >= 0.6 is 0 Å². The molecule has 0 bridgehead atoms. The highest BCUT2D eigenvalue weighted by atomic mass is 16.5. The van der Waals surface area contributed by atoms with Crippen molar-refractivity contribution < 1.29 is 14.7 Å². The van der Waals surface area contributed by atoms with Crippen molar-refractivity contribution in [1.82, 2.24) is 10.2 Å². The van der Waals surface area contributed by atoms with Crippen LogP contribution in [-0.4, -0.2) is 49.0 Å². The Kier molecular flexibility index (Phi) is 5.98. The van der Waals surface area contributed by atoms with Crippen LogP contribution in [0.3, 0.4) is 0 Å². The zero-order valence-electron chi connectivity index (χ0n) is 14.1. The molecule has 0 fully saturated rings. The monoisotopic (exact) mass is 319 g/mol. The van der Waals surface area contributed by atoms with Gasteiger partial charge in [0, 0.05) is 19.6 Å². The summed E-state index contributed by atoms with van der Waals surface area (Å²) in [5, 5.41) is 13.8. The average molecular weight is 319 g/mol. The Hall–Kier alpha value is -2.08. The van der Waals surface area contributed by atoms with Crippen molar-refractivity contribution in [3.05, 3.63) is 28.3 Å². The van der Waals surface area contributed by atoms with Crippen LogP contribution in [0.15, 0.2) is 11.2 Å². The van der Waals surface area contributed by atoms with E-state index in [-0.39, 0.29) is 5.91 Å². The zero-order chi connectivity index (χ0) is 16.8. The van der Waals surface area contributed by atoms with Gasteiger partial charge in [-0.2, -0.15) is 0 Å². The third-order valence-corrected chi connectivity index (χ3v) is 4.46. The minimum atomic E-state index is -0.378. The van der Waals surface area contributed by atoms with E-state index in [1.807, 2.05) is 0 Å². The highest BCUT2D eigenvalue weighted by Crippen LogP contribution is 2.32. The van der Waals surface area contributed by atoms with Crippen LogP contribution < -0.4 is 10.1 Å². The molecule has 0 saturated heterocycles. The molecular weight excluding hydrogens is 294 g/mol. The number of fused-ring (bicyclic) bond motifs is 1. The third-order valence-electron chi connectivity index (χ3n) is 4.46. The lowest BCUT2D eigenvalue weighted by Crippen LogP contribution is -2.35. The van der Waals surface area contributed by atoms with Crippen LogP contribution in [0.5, 0.6) is 5.75 Å². The molecule has 2 N–H and O–H groups in total. The number of amides is 1. The molecule has 0 aromatic heterocycles. The molecule has 23 heavy (non-hydrogen) atoms. The summed E-state index contributed by atoms with van der Waals surface area (Å²) in [6, 6.07) is 2.12. The van der Waals surface area contributed by atoms with Gasteiger partial charge in [-0.25, -0.2) is 0 Å². The molecule has 6 nitrogen and oxygen atoms in total. The molecule has 1 heterocycles. The molecular formula is C17H25N3O3. The molecule has 0 spiro atoms. The van der Waals surface area contributed by atoms with E-state index in [2.05, 4.69) is 35.3 Å². The van der Waals surface area contributed by atoms with E-state index in [1.54, 1.807) is 7.11 Å². The SMILES string of the molecule is COc1cc(C)c(C)c2c1CCCN(CCNC(=O)/C=N/O)C2. The summed E-state index contributed by atoms with van der Waals surface area (Å²) in [4.78, 5) is 13.6. The summed E-state index contributed by atoms with van der Waals surface area (Å²) < 4.78 is 5.56. The number of ether oxygens (including phenoxy) is 1. The number of rotatable bonds is 5. The standard InChI is InChI=1S/C17H25N3O3/c1-12-9-16(23-3)14-5-4-7-20(11-15(14)13(12)2)8-6-18-17(21)10-19-22/h9-10,22H,4-8,11H2,1-3H3,(H,18,21)/b19-10+. The van der Waals surface area contributed by atoms with Crippen LogP contribution in [0.1, 0.15) is 28.7 Å². The number of oxime groups is 1. The first kappa shape index (κ1) is 17.3. The van der Waals surface area contributed by atoms with Crippen molar-refractivity contribution in [2.75, 3.05) is 26.7 Å². The van der Waals surface area contributed by atoms with Gasteiger partial charge in [0.2, 0.25) is 0 Å². The number of carbonyl (C=O) groups excluding carboxylic acids is 1. The molecule has 1 aromatic rings. The van der Waals surface area contributed by atoms with Gasteiger partial charge in [-0.15, -0.1) is 0 Å². The van der Waals surface area contributed by atoms with Crippen molar-refractivity contribution in [2.45, 2.75) is 33.2 Å². The first-order chi connectivity index (χ1) is 11.1. The van der Waals surface area contributed by atoms with Crippen molar-refractivity contribution >= 4 is 12.1 Å². The van der Waals surface area contributed by atoms with E-state index in [0.717, 1.165) is 44.4 Å². The smallest absolute Gasteiger partial charge is 0.265 e. The van der Waals surface area contributed by atoms with E-state index >= 15 is 0 Å². The number of nitrogens with zero attached hydrogens (tertiary/aromatic N) is 2. The summed E-state index contributed by atoms with van der Waals surface area (Å²) in [5.41, 5.74) is 5.23. The number of aryl methyl sites for hydroxylation is 1. The van der Waals surface area contributed by atoms with E-state index in [0.29, 0.717) is 6.54 Å². The number of nitrogens with one attached hydrogen (secondary N) is 1. The number of methoxy groups -OCH3 is 1. The second-order valence-electron chi connectivity index (χ2n) is 5.89. The molecule has 0 atom stereocenters. The van der Waals surface area contributed by atoms with Crippen molar-refractivity contribution in [3.63, 3.8) is 0 Å². The molecule has 126 valence electrons. The molecule has 1 aliphatic heterocycles. The Morgan fingerprint density at radius 3 is 2.96 bits per heavy atom. The van der Waals surface area contributed by atoms with Crippen LogP contribution in [0, 0.1) is 13.8 Å². The van der Waals surface area contributed by atoms with Crippen molar-refractivity contribution in [2.24, 2.45) is 5.16 Å². The molecule has 0 saturated carbocycles. The van der Waals surface area contributed by atoms with Gasteiger partial charge in [0.15, 0.2) is 0 Å². The summed E-state index contributed by atoms with van der Waals surface area (Å²) >= 11 is 0. The lowest BCUT2D eigenvalue weighted by Gasteiger charge is -2.22. The predicted molar refractivity (Wildman–Crippen MR) is 89.4 cm³/mol. The Labute approximate surface area is 137 Å². The van der Waals surface area contributed by atoms with E-state index in [4.69, 9.17) is 9.94 Å². The van der Waals surface area contributed by atoms with Crippen LogP contribution in [-0.2, 0) is 17.8 Å². The fourth-order valence-corrected chi connectivity index (χ4v) is 3.08. The number of hydrogen-bond donors (Lipinski definition) is 2. The van der Waals surface area contributed by atoms with Crippen LogP contribution in [0.25, 0.3) is 0 Å². The van der Waals surface area contributed by atoms with E-state index < -0.39 is 0 Å². The van der Waals surface area contributed by atoms with Gasteiger partial charge in [-0.1, -0.05) is 5.16 Å². The fourth-order valence-electron chi connectivity index (χ4n) is 3.08. The molecule has 0 unspecified atom stereocenters. The summed E-state index contributed by atoms with van der Waals surface area (Å²) in [7, 11) is 1.73. The Bertz CT molecular complexity index is 599. The molecule has 1 amide bonds. The predicted octanol–water partition coefficient (Wildman–Crippen LogP) is 1.64. The van der Waals surface area contributed by atoms with Crippen LogP contribution in [0.2, 0.25) is 0 Å². The van der Waals surface area contributed by atoms with Gasteiger partial charge < -0.3 is 15.3 Å². The second kappa shape index (κ2) is 7.97. The molecule has 0 radical (unpaired) electrons. The lowest BCUT2D eigenvalue weighted by molar-refractivity contribution is -0.114. The van der Waals surface area contributed by atoms with Gasteiger partial charge in [-0.3, -0.25) is 9.69 Å². The Balaban J connectivity index is 2.08. The van der Waals surface area contributed by atoms with Gasteiger partial charge in [0.25, 0.3) is 5.91 Å². The lowest BCUT2D eigenvalue weighted by atomic mass is 9.94. The van der Waals surface area contributed by atoms with Gasteiger partial charge in [0.05, 0.1) is 7.11 Å². The van der Waals surface area contributed by atoms with Gasteiger partial charge in [0.1, 0.15) is 12.0 Å². The Morgan fingerprint density at radius 2 is 2.26 bits per heavy atom. The molecule has 0 aliphatic carbocycles. The first-order valence-electron chi connectivity index (χ1n) is 7.90. The molecule has 1 aliphatic rings. The number of benzene rings is 1. The number of carbonyl (C=O) groups is 1. The average Bonchev–Trinajstić information content (AvgIpc) is 2.74. The summed E-state index contributed by atoms with van der Waals surface area (Å²) in [6.07, 6.45) is 2.95. The topological polar surface area (TPSA) is 74.2 Å².